The van der Waals surface area contributed by atoms with Crippen LogP contribution in [0.1, 0.15) is 31.2 Å². The van der Waals surface area contributed by atoms with Gasteiger partial charge in [-0.15, -0.1) is 11.3 Å². The molecular formula is C21H15FO3S. The summed E-state index contributed by atoms with van der Waals surface area (Å²) >= 11 is 1.23. The van der Waals surface area contributed by atoms with Crippen molar-refractivity contribution in [2.75, 3.05) is 0 Å². The number of hydrogen-bond donors (Lipinski definition) is 0. The maximum atomic E-state index is 13.6. The zero-order valence-corrected chi connectivity index (χ0v) is 14.8. The van der Waals surface area contributed by atoms with Gasteiger partial charge >= 0.3 is 5.97 Å². The van der Waals surface area contributed by atoms with E-state index >= 15 is 0 Å². The molecule has 2 aromatic carbocycles. The summed E-state index contributed by atoms with van der Waals surface area (Å²) in [5, 5.41) is 1.75. The molecule has 0 aliphatic carbocycles. The monoisotopic (exact) mass is 366 g/mol. The molecule has 3 nitrogen and oxygen atoms in total. The largest absolute Gasteiger partial charge is 0.422 e. The van der Waals surface area contributed by atoms with E-state index in [-0.39, 0.29) is 11.3 Å². The van der Waals surface area contributed by atoms with Crippen molar-refractivity contribution in [3.05, 3.63) is 93.4 Å². The summed E-state index contributed by atoms with van der Waals surface area (Å²) in [6, 6.07) is 14.5. The number of ether oxygens (including phenoxy) is 1. The highest BCUT2D eigenvalue weighted by atomic mass is 32.1. The number of carbonyl (C=O) groups is 2. The predicted octanol–water partition coefficient (Wildman–Crippen LogP) is 5.31. The molecule has 0 bridgehead atoms. The Bertz CT molecular complexity index is 957. The number of ketones is 1. The van der Waals surface area contributed by atoms with E-state index in [1.807, 2.05) is 31.2 Å². The fourth-order valence-corrected chi connectivity index (χ4v) is 2.87. The first kappa shape index (κ1) is 17.8. The summed E-state index contributed by atoms with van der Waals surface area (Å²) in [5.41, 5.74) is 1.96. The summed E-state index contributed by atoms with van der Waals surface area (Å²) in [6.45, 7) is 1.97. The Morgan fingerprint density at radius 1 is 1.08 bits per heavy atom. The van der Waals surface area contributed by atoms with E-state index in [0.29, 0.717) is 4.88 Å². The third-order valence-electron chi connectivity index (χ3n) is 3.64. The Morgan fingerprint density at radius 3 is 2.54 bits per heavy atom. The van der Waals surface area contributed by atoms with Gasteiger partial charge in [-0.25, -0.2) is 9.18 Å². The molecule has 130 valence electrons. The normalized spacial score (nSPS) is 10.8. The van der Waals surface area contributed by atoms with Gasteiger partial charge in [0.1, 0.15) is 16.4 Å². The Balaban J connectivity index is 1.83. The van der Waals surface area contributed by atoms with Gasteiger partial charge < -0.3 is 4.74 Å². The van der Waals surface area contributed by atoms with Crippen molar-refractivity contribution in [2.45, 2.75) is 6.92 Å². The maximum Gasteiger partial charge on any atom is 0.353 e. The second-order valence-electron chi connectivity index (χ2n) is 5.62. The fourth-order valence-electron chi connectivity index (χ4n) is 2.27. The van der Waals surface area contributed by atoms with Gasteiger partial charge in [0.05, 0.1) is 5.56 Å². The van der Waals surface area contributed by atoms with Gasteiger partial charge in [0, 0.05) is 0 Å². The minimum atomic E-state index is -0.580. The second-order valence-corrected chi connectivity index (χ2v) is 6.56. The van der Waals surface area contributed by atoms with Crippen LogP contribution >= 0.6 is 11.3 Å². The third-order valence-corrected chi connectivity index (χ3v) is 4.49. The van der Waals surface area contributed by atoms with Gasteiger partial charge in [0.2, 0.25) is 0 Å². The van der Waals surface area contributed by atoms with Gasteiger partial charge in [-0.3, -0.25) is 4.79 Å². The number of allylic oxidation sites excluding steroid dienone is 1. The minimum Gasteiger partial charge on any atom is -0.422 e. The topological polar surface area (TPSA) is 43.4 Å². The van der Waals surface area contributed by atoms with Crippen LogP contribution in [0.25, 0.3) is 6.08 Å². The van der Waals surface area contributed by atoms with Crippen molar-refractivity contribution < 1.29 is 18.7 Å². The van der Waals surface area contributed by atoms with Gasteiger partial charge in [-0.05, 0) is 48.2 Å². The van der Waals surface area contributed by atoms with Gasteiger partial charge in [0.15, 0.2) is 5.78 Å². The summed E-state index contributed by atoms with van der Waals surface area (Å²) in [5.74, 6) is -1.57. The fraction of sp³-hybridized carbons (Fsp3) is 0.0476. The molecule has 0 saturated carbocycles. The molecule has 26 heavy (non-hydrogen) atoms. The van der Waals surface area contributed by atoms with Crippen LogP contribution in [0.4, 0.5) is 4.39 Å². The van der Waals surface area contributed by atoms with Crippen LogP contribution in [-0.4, -0.2) is 11.8 Å². The van der Waals surface area contributed by atoms with Crippen LogP contribution in [0.15, 0.2) is 66.1 Å². The molecule has 3 rings (SSSR count). The SMILES string of the molecule is Cc1ccc(C=CC(=O)c2cc(F)ccc2OC(=O)c2cccs2)cc1. The standard InChI is InChI=1S/C21H15FO3S/c1-14-4-6-15(7-5-14)8-10-18(23)17-13-16(22)9-11-19(17)25-21(24)20-3-2-12-26-20/h2-13H,1H3. The summed E-state index contributed by atoms with van der Waals surface area (Å²) in [6.07, 6.45) is 2.97. The summed E-state index contributed by atoms with van der Waals surface area (Å²) in [4.78, 5) is 25.0. The Hall–Kier alpha value is -3.05. The molecule has 0 aliphatic heterocycles. The Morgan fingerprint density at radius 2 is 1.85 bits per heavy atom. The van der Waals surface area contributed by atoms with Crippen molar-refractivity contribution >= 4 is 29.2 Å². The first-order chi connectivity index (χ1) is 12.5. The van der Waals surface area contributed by atoms with Crippen LogP contribution in [0.5, 0.6) is 5.75 Å². The molecule has 5 heteroatoms. The van der Waals surface area contributed by atoms with E-state index < -0.39 is 17.6 Å². The van der Waals surface area contributed by atoms with Crippen molar-refractivity contribution in [1.29, 1.82) is 0 Å². The molecule has 3 aromatic rings. The Labute approximate surface area is 154 Å². The molecule has 0 spiro atoms. The van der Waals surface area contributed by atoms with E-state index in [1.165, 1.54) is 23.5 Å². The van der Waals surface area contributed by atoms with Crippen LogP contribution in [-0.2, 0) is 0 Å². The highest BCUT2D eigenvalue weighted by Gasteiger charge is 2.16. The summed E-state index contributed by atoms with van der Waals surface area (Å²) in [7, 11) is 0. The van der Waals surface area contributed by atoms with E-state index in [2.05, 4.69) is 0 Å². The van der Waals surface area contributed by atoms with Crippen LogP contribution in [0.3, 0.4) is 0 Å². The number of esters is 1. The lowest BCUT2D eigenvalue weighted by Crippen LogP contribution is -2.10. The molecule has 0 unspecified atom stereocenters. The van der Waals surface area contributed by atoms with Crippen LogP contribution in [0, 0.1) is 12.7 Å². The van der Waals surface area contributed by atoms with Gasteiger partial charge in [0.25, 0.3) is 0 Å². The molecule has 0 amide bonds. The molecule has 1 heterocycles. The smallest absolute Gasteiger partial charge is 0.353 e. The number of hydrogen-bond acceptors (Lipinski definition) is 4. The highest BCUT2D eigenvalue weighted by Crippen LogP contribution is 2.23. The lowest BCUT2D eigenvalue weighted by molar-refractivity contribution is 0.0738. The van der Waals surface area contributed by atoms with Crippen molar-refractivity contribution in [3.63, 3.8) is 0 Å². The lowest BCUT2D eigenvalue weighted by Gasteiger charge is -2.07. The van der Waals surface area contributed by atoms with Crippen LogP contribution in [0.2, 0.25) is 0 Å². The predicted molar refractivity (Wildman–Crippen MR) is 100 cm³/mol. The van der Waals surface area contributed by atoms with Crippen molar-refractivity contribution in [1.82, 2.24) is 0 Å². The third kappa shape index (κ3) is 4.32. The first-order valence-electron chi connectivity index (χ1n) is 7.87. The second kappa shape index (κ2) is 7.89. The van der Waals surface area contributed by atoms with E-state index in [4.69, 9.17) is 4.74 Å². The summed E-state index contributed by atoms with van der Waals surface area (Å²) < 4.78 is 18.9. The molecule has 0 fully saturated rings. The van der Waals surface area contributed by atoms with Gasteiger partial charge in [-0.1, -0.05) is 42.0 Å². The van der Waals surface area contributed by atoms with Crippen molar-refractivity contribution in [2.24, 2.45) is 0 Å². The number of halogens is 1. The quantitative estimate of drug-likeness (QED) is 0.266. The zero-order valence-electron chi connectivity index (χ0n) is 13.9. The number of carbonyl (C=O) groups excluding carboxylic acids is 2. The molecule has 0 saturated heterocycles. The Kier molecular flexibility index (Phi) is 5.39. The van der Waals surface area contributed by atoms with E-state index in [1.54, 1.807) is 23.6 Å². The number of benzene rings is 2. The average molecular weight is 366 g/mol. The first-order valence-corrected chi connectivity index (χ1v) is 8.75. The average Bonchev–Trinajstić information content (AvgIpc) is 3.17. The molecule has 0 aliphatic rings. The molecule has 0 atom stereocenters. The van der Waals surface area contributed by atoms with E-state index in [9.17, 15) is 14.0 Å². The lowest BCUT2D eigenvalue weighted by atomic mass is 10.1. The molecule has 0 radical (unpaired) electrons. The van der Waals surface area contributed by atoms with Crippen molar-refractivity contribution in [3.8, 4) is 5.75 Å². The number of aryl methyl sites for hydroxylation is 1. The zero-order chi connectivity index (χ0) is 18.5. The molecule has 0 N–H and O–H groups in total. The molecule has 1 aromatic heterocycles. The maximum absolute atomic E-state index is 13.6. The van der Waals surface area contributed by atoms with Gasteiger partial charge in [-0.2, -0.15) is 0 Å². The minimum absolute atomic E-state index is 0.00160. The number of rotatable bonds is 5. The molecular weight excluding hydrogens is 351 g/mol. The number of thiophene rings is 1. The van der Waals surface area contributed by atoms with Crippen LogP contribution < -0.4 is 4.74 Å². The van der Waals surface area contributed by atoms with E-state index in [0.717, 1.165) is 23.3 Å². The highest BCUT2D eigenvalue weighted by molar-refractivity contribution is 7.12.